The molecule has 0 aliphatic carbocycles. The topological polar surface area (TPSA) is 47.3 Å². The highest BCUT2D eigenvalue weighted by Gasteiger charge is 2.11. The van der Waals surface area contributed by atoms with Crippen molar-refractivity contribution in [2.75, 3.05) is 0 Å². The average molecular weight is 319 g/mol. The standard InChI is InChI=1S/C18H13N3OS/c1-12-6-5-7-13(10-12)11-15-17(22)21-18(23-15)19-16(20-21)14-8-3-2-4-9-14/h2-11H,1H3/b15-11-. The Morgan fingerprint density at radius 2 is 1.91 bits per heavy atom. The summed E-state index contributed by atoms with van der Waals surface area (Å²) in [6.07, 6.45) is 1.89. The van der Waals surface area contributed by atoms with Crippen LogP contribution in [0.2, 0.25) is 0 Å². The molecule has 0 bridgehead atoms. The predicted molar refractivity (Wildman–Crippen MR) is 92.5 cm³/mol. The SMILES string of the molecule is Cc1cccc(/C=c2\sc3nc(-c4ccccc4)nn3c2=O)c1. The highest BCUT2D eigenvalue weighted by atomic mass is 32.1. The molecule has 0 atom stereocenters. The molecule has 112 valence electrons. The van der Waals surface area contributed by atoms with Gasteiger partial charge in [-0.2, -0.15) is 9.50 Å². The van der Waals surface area contributed by atoms with Crippen molar-refractivity contribution in [3.8, 4) is 11.4 Å². The van der Waals surface area contributed by atoms with E-state index in [4.69, 9.17) is 0 Å². The van der Waals surface area contributed by atoms with E-state index in [2.05, 4.69) is 10.1 Å². The Hall–Kier alpha value is -2.79. The molecule has 0 saturated heterocycles. The Labute approximate surface area is 136 Å². The van der Waals surface area contributed by atoms with Crippen LogP contribution in [0.1, 0.15) is 11.1 Å². The van der Waals surface area contributed by atoms with Crippen LogP contribution in [0.25, 0.3) is 22.4 Å². The molecule has 0 amide bonds. The largest absolute Gasteiger partial charge is 0.291 e. The zero-order chi connectivity index (χ0) is 15.8. The van der Waals surface area contributed by atoms with Crippen LogP contribution >= 0.6 is 11.3 Å². The minimum atomic E-state index is -0.124. The van der Waals surface area contributed by atoms with E-state index in [-0.39, 0.29) is 5.56 Å². The molecule has 4 aromatic rings. The summed E-state index contributed by atoms with van der Waals surface area (Å²) in [6, 6.07) is 17.7. The van der Waals surface area contributed by atoms with E-state index >= 15 is 0 Å². The number of aryl methyl sites for hydroxylation is 1. The first-order valence-corrected chi connectivity index (χ1v) is 8.06. The highest BCUT2D eigenvalue weighted by Crippen LogP contribution is 2.15. The van der Waals surface area contributed by atoms with Crippen molar-refractivity contribution >= 4 is 22.4 Å². The number of thiazole rings is 1. The lowest BCUT2D eigenvalue weighted by Gasteiger charge is -1.93. The van der Waals surface area contributed by atoms with Gasteiger partial charge < -0.3 is 0 Å². The van der Waals surface area contributed by atoms with Gasteiger partial charge in [-0.05, 0) is 18.6 Å². The van der Waals surface area contributed by atoms with Crippen LogP contribution in [-0.4, -0.2) is 14.6 Å². The molecule has 4 rings (SSSR count). The minimum absolute atomic E-state index is 0.124. The molecule has 0 aliphatic heterocycles. The van der Waals surface area contributed by atoms with Crippen LogP contribution in [-0.2, 0) is 0 Å². The maximum atomic E-state index is 12.5. The van der Waals surface area contributed by atoms with E-state index in [9.17, 15) is 4.79 Å². The molecule has 0 fully saturated rings. The third-order valence-electron chi connectivity index (χ3n) is 3.55. The molecule has 0 unspecified atom stereocenters. The van der Waals surface area contributed by atoms with Gasteiger partial charge in [0.25, 0.3) is 5.56 Å². The second kappa shape index (κ2) is 5.44. The lowest BCUT2D eigenvalue weighted by Crippen LogP contribution is -2.23. The molecule has 2 heterocycles. The molecule has 5 heteroatoms. The van der Waals surface area contributed by atoms with Crippen molar-refractivity contribution < 1.29 is 0 Å². The number of hydrogen-bond donors (Lipinski definition) is 0. The Balaban J connectivity index is 1.84. The van der Waals surface area contributed by atoms with Crippen LogP contribution in [0.15, 0.2) is 59.4 Å². The summed E-state index contributed by atoms with van der Waals surface area (Å²) in [5.74, 6) is 0.580. The number of rotatable bonds is 2. The van der Waals surface area contributed by atoms with Crippen LogP contribution < -0.4 is 10.1 Å². The quantitative estimate of drug-likeness (QED) is 0.571. The molecular weight excluding hydrogens is 306 g/mol. The van der Waals surface area contributed by atoms with Crippen molar-refractivity contribution in [3.05, 3.63) is 80.6 Å². The fourth-order valence-corrected chi connectivity index (χ4v) is 3.36. The number of nitrogens with zero attached hydrogens (tertiary/aromatic N) is 3. The van der Waals surface area contributed by atoms with Gasteiger partial charge in [-0.25, -0.2) is 0 Å². The molecule has 4 nitrogen and oxygen atoms in total. The van der Waals surface area contributed by atoms with E-state index in [0.29, 0.717) is 15.3 Å². The molecule has 0 saturated carbocycles. The van der Waals surface area contributed by atoms with E-state index in [1.54, 1.807) is 0 Å². The number of benzene rings is 2. The van der Waals surface area contributed by atoms with Crippen molar-refractivity contribution in [2.24, 2.45) is 0 Å². The normalized spacial score (nSPS) is 12.1. The second-order valence-electron chi connectivity index (χ2n) is 5.33. The molecule has 23 heavy (non-hydrogen) atoms. The summed E-state index contributed by atoms with van der Waals surface area (Å²) < 4.78 is 2.03. The monoisotopic (exact) mass is 319 g/mol. The van der Waals surface area contributed by atoms with Gasteiger partial charge in [-0.3, -0.25) is 4.79 Å². The van der Waals surface area contributed by atoms with Crippen molar-refractivity contribution in [1.82, 2.24) is 14.6 Å². The van der Waals surface area contributed by atoms with Gasteiger partial charge in [0, 0.05) is 5.56 Å². The van der Waals surface area contributed by atoms with E-state index in [0.717, 1.165) is 16.7 Å². The fraction of sp³-hybridized carbons (Fsp3) is 0.0556. The summed E-state index contributed by atoms with van der Waals surface area (Å²) in [5, 5.41) is 4.35. The molecule has 0 aliphatic rings. The van der Waals surface area contributed by atoms with Gasteiger partial charge in [0.15, 0.2) is 5.82 Å². The van der Waals surface area contributed by atoms with E-state index in [1.807, 2.05) is 67.6 Å². The Morgan fingerprint density at radius 3 is 2.65 bits per heavy atom. The van der Waals surface area contributed by atoms with Crippen molar-refractivity contribution in [2.45, 2.75) is 6.92 Å². The second-order valence-corrected chi connectivity index (χ2v) is 6.33. The summed E-state index contributed by atoms with van der Waals surface area (Å²) in [5.41, 5.74) is 2.96. The Kier molecular flexibility index (Phi) is 3.28. The van der Waals surface area contributed by atoms with Crippen molar-refractivity contribution in [3.63, 3.8) is 0 Å². The first-order chi connectivity index (χ1) is 11.2. The number of hydrogen-bond acceptors (Lipinski definition) is 4. The zero-order valence-electron chi connectivity index (χ0n) is 12.4. The maximum Gasteiger partial charge on any atom is 0.291 e. The van der Waals surface area contributed by atoms with Gasteiger partial charge in [0.05, 0.1) is 4.53 Å². The first-order valence-electron chi connectivity index (χ1n) is 7.24. The zero-order valence-corrected chi connectivity index (χ0v) is 13.2. The molecule has 0 spiro atoms. The van der Waals surface area contributed by atoms with Gasteiger partial charge in [-0.1, -0.05) is 71.5 Å². The molecule has 2 aromatic heterocycles. The summed E-state index contributed by atoms with van der Waals surface area (Å²) >= 11 is 1.36. The third kappa shape index (κ3) is 2.55. The highest BCUT2D eigenvalue weighted by molar-refractivity contribution is 7.15. The lowest BCUT2D eigenvalue weighted by molar-refractivity contribution is 0.937. The van der Waals surface area contributed by atoms with Crippen LogP contribution in [0.5, 0.6) is 0 Å². The molecule has 0 N–H and O–H groups in total. The van der Waals surface area contributed by atoms with Crippen LogP contribution in [0.4, 0.5) is 0 Å². The van der Waals surface area contributed by atoms with E-state index < -0.39 is 0 Å². The van der Waals surface area contributed by atoms with Gasteiger partial charge in [0.1, 0.15) is 0 Å². The summed E-state index contributed by atoms with van der Waals surface area (Å²) in [6.45, 7) is 2.03. The molecule has 0 radical (unpaired) electrons. The van der Waals surface area contributed by atoms with Gasteiger partial charge >= 0.3 is 0 Å². The number of fused-ring (bicyclic) bond motifs is 1. The number of aromatic nitrogens is 3. The molecule has 2 aromatic carbocycles. The lowest BCUT2D eigenvalue weighted by atomic mass is 10.1. The summed E-state index contributed by atoms with van der Waals surface area (Å²) in [4.78, 5) is 17.6. The van der Waals surface area contributed by atoms with E-state index in [1.165, 1.54) is 15.9 Å². The minimum Gasteiger partial charge on any atom is -0.266 e. The van der Waals surface area contributed by atoms with Crippen molar-refractivity contribution in [1.29, 1.82) is 0 Å². The Bertz CT molecular complexity index is 1100. The van der Waals surface area contributed by atoms with Crippen LogP contribution in [0.3, 0.4) is 0 Å². The van der Waals surface area contributed by atoms with Crippen LogP contribution in [0, 0.1) is 6.92 Å². The average Bonchev–Trinajstić information content (AvgIpc) is 3.09. The molecular formula is C18H13N3OS. The predicted octanol–water partition coefficient (Wildman–Crippen LogP) is 2.67. The fourth-order valence-electron chi connectivity index (χ4n) is 2.45. The Morgan fingerprint density at radius 1 is 1.09 bits per heavy atom. The maximum absolute atomic E-state index is 12.5. The smallest absolute Gasteiger partial charge is 0.266 e. The first kappa shape index (κ1) is 13.8. The third-order valence-corrected chi connectivity index (χ3v) is 4.51. The van der Waals surface area contributed by atoms with Gasteiger partial charge in [-0.15, -0.1) is 5.10 Å². The summed E-state index contributed by atoms with van der Waals surface area (Å²) in [7, 11) is 0. The van der Waals surface area contributed by atoms with Gasteiger partial charge in [0.2, 0.25) is 4.96 Å².